The van der Waals surface area contributed by atoms with E-state index in [1.165, 1.54) is 12.4 Å². The van der Waals surface area contributed by atoms with Crippen molar-refractivity contribution in [3.63, 3.8) is 0 Å². The van der Waals surface area contributed by atoms with Crippen molar-refractivity contribution in [2.75, 3.05) is 13.2 Å². The Morgan fingerprint density at radius 1 is 1.29 bits per heavy atom. The molecule has 0 saturated carbocycles. The van der Waals surface area contributed by atoms with E-state index < -0.39 is 10.0 Å². The van der Waals surface area contributed by atoms with E-state index in [1.54, 1.807) is 0 Å². The topological polar surface area (TPSA) is 81.2 Å². The van der Waals surface area contributed by atoms with Crippen LogP contribution in [0.2, 0.25) is 5.28 Å². The van der Waals surface area contributed by atoms with Crippen molar-refractivity contribution in [1.29, 1.82) is 0 Å². The van der Waals surface area contributed by atoms with Crippen molar-refractivity contribution < 1.29 is 13.2 Å². The van der Waals surface area contributed by atoms with Crippen LogP contribution in [0.5, 0.6) is 0 Å². The first-order chi connectivity index (χ1) is 8.08. The summed E-state index contributed by atoms with van der Waals surface area (Å²) in [6.07, 6.45) is 3.73. The predicted molar refractivity (Wildman–Crippen MR) is 61.2 cm³/mol. The molecular weight excluding hydrogens is 266 g/mol. The Kier molecular flexibility index (Phi) is 3.93. The second-order valence-corrected chi connectivity index (χ2v) is 5.75. The van der Waals surface area contributed by atoms with E-state index in [9.17, 15) is 8.42 Å². The fraction of sp³-hybridized carbons (Fsp3) is 0.556. The molecule has 6 nitrogen and oxygen atoms in total. The van der Waals surface area contributed by atoms with E-state index in [0.717, 1.165) is 0 Å². The minimum Gasteiger partial charge on any atom is -0.381 e. The van der Waals surface area contributed by atoms with Gasteiger partial charge >= 0.3 is 0 Å². The van der Waals surface area contributed by atoms with Gasteiger partial charge in [-0.15, -0.1) is 0 Å². The van der Waals surface area contributed by atoms with Gasteiger partial charge in [-0.25, -0.2) is 23.1 Å². The fourth-order valence-corrected chi connectivity index (χ4v) is 2.83. The lowest BCUT2D eigenvalue weighted by Crippen LogP contribution is -2.38. The first-order valence-corrected chi connectivity index (χ1v) is 7.02. The lowest BCUT2D eigenvalue weighted by atomic mass is 10.1. The maximum atomic E-state index is 11.9. The van der Waals surface area contributed by atoms with Gasteiger partial charge in [0.2, 0.25) is 15.3 Å². The van der Waals surface area contributed by atoms with Crippen molar-refractivity contribution >= 4 is 21.6 Å². The number of halogens is 1. The third kappa shape index (κ3) is 3.35. The summed E-state index contributed by atoms with van der Waals surface area (Å²) in [5.41, 5.74) is 0. The molecule has 17 heavy (non-hydrogen) atoms. The number of rotatable bonds is 3. The van der Waals surface area contributed by atoms with E-state index in [2.05, 4.69) is 14.7 Å². The van der Waals surface area contributed by atoms with Gasteiger partial charge in [0, 0.05) is 19.3 Å². The monoisotopic (exact) mass is 277 g/mol. The highest BCUT2D eigenvalue weighted by Gasteiger charge is 2.22. The summed E-state index contributed by atoms with van der Waals surface area (Å²) in [6.45, 7) is 1.15. The van der Waals surface area contributed by atoms with Crippen LogP contribution in [0.15, 0.2) is 17.3 Å². The highest BCUT2D eigenvalue weighted by molar-refractivity contribution is 7.89. The van der Waals surface area contributed by atoms with E-state index in [0.29, 0.717) is 26.1 Å². The molecule has 94 valence electrons. The van der Waals surface area contributed by atoms with Crippen LogP contribution in [0.1, 0.15) is 12.8 Å². The maximum Gasteiger partial charge on any atom is 0.243 e. The number of aromatic nitrogens is 2. The molecule has 0 aromatic carbocycles. The van der Waals surface area contributed by atoms with Crippen LogP contribution in [-0.2, 0) is 14.8 Å². The summed E-state index contributed by atoms with van der Waals surface area (Å²) in [7, 11) is -3.57. The highest BCUT2D eigenvalue weighted by atomic mass is 35.5. The number of nitrogens with one attached hydrogen (secondary N) is 1. The SMILES string of the molecule is O=S(=O)(NC1CCOCC1)c1cnc(Cl)nc1. The number of hydrogen-bond donors (Lipinski definition) is 1. The summed E-state index contributed by atoms with van der Waals surface area (Å²) in [5.74, 6) is 0. The molecule has 0 atom stereocenters. The molecule has 1 aromatic rings. The average molecular weight is 278 g/mol. The summed E-state index contributed by atoms with van der Waals surface area (Å²) >= 11 is 5.50. The number of nitrogens with zero attached hydrogens (tertiary/aromatic N) is 2. The molecule has 0 unspecified atom stereocenters. The first-order valence-electron chi connectivity index (χ1n) is 5.15. The fourth-order valence-electron chi connectivity index (χ4n) is 1.54. The molecule has 1 aromatic heterocycles. The molecule has 0 bridgehead atoms. The van der Waals surface area contributed by atoms with Gasteiger partial charge < -0.3 is 4.74 Å². The Hall–Kier alpha value is -0.760. The molecule has 1 fully saturated rings. The van der Waals surface area contributed by atoms with Gasteiger partial charge in [-0.3, -0.25) is 0 Å². The molecule has 1 N–H and O–H groups in total. The number of hydrogen-bond acceptors (Lipinski definition) is 5. The number of sulfonamides is 1. The van der Waals surface area contributed by atoms with Gasteiger partial charge in [-0.05, 0) is 24.4 Å². The minimum absolute atomic E-state index is 0.0217. The van der Waals surface area contributed by atoms with Crippen molar-refractivity contribution in [2.24, 2.45) is 0 Å². The predicted octanol–water partition coefficient (Wildman–Crippen LogP) is 0.587. The van der Waals surface area contributed by atoms with Crippen LogP contribution >= 0.6 is 11.6 Å². The Labute approximate surface area is 104 Å². The van der Waals surface area contributed by atoms with Gasteiger partial charge in [0.25, 0.3) is 0 Å². The van der Waals surface area contributed by atoms with Gasteiger partial charge in [-0.1, -0.05) is 0 Å². The summed E-state index contributed by atoms with van der Waals surface area (Å²) < 4.78 is 31.6. The third-order valence-corrected chi connectivity index (χ3v) is 4.12. The summed E-state index contributed by atoms with van der Waals surface area (Å²) in [4.78, 5) is 7.32. The molecular formula is C9H12ClN3O3S. The van der Waals surface area contributed by atoms with Gasteiger partial charge in [0.15, 0.2) is 0 Å². The van der Waals surface area contributed by atoms with Crippen molar-refractivity contribution in [3.05, 3.63) is 17.7 Å². The maximum absolute atomic E-state index is 11.9. The standard InChI is InChI=1S/C9H12ClN3O3S/c10-9-11-5-8(6-12-9)17(14,15)13-7-1-3-16-4-2-7/h5-7,13H,1-4H2. The molecule has 1 aliphatic rings. The Balaban J connectivity index is 2.10. The Bertz CT molecular complexity index is 471. The van der Waals surface area contributed by atoms with Crippen molar-refractivity contribution in [1.82, 2.24) is 14.7 Å². The zero-order chi connectivity index (χ0) is 12.3. The van der Waals surface area contributed by atoms with Crippen LogP contribution in [0.25, 0.3) is 0 Å². The molecule has 0 amide bonds. The Morgan fingerprint density at radius 3 is 2.47 bits per heavy atom. The zero-order valence-electron chi connectivity index (χ0n) is 8.97. The third-order valence-electron chi connectivity index (χ3n) is 2.45. The lowest BCUT2D eigenvalue weighted by molar-refractivity contribution is 0.0832. The zero-order valence-corrected chi connectivity index (χ0v) is 10.5. The molecule has 2 rings (SSSR count). The second kappa shape index (κ2) is 5.26. The number of ether oxygens (including phenoxy) is 1. The average Bonchev–Trinajstić information content (AvgIpc) is 2.30. The summed E-state index contributed by atoms with van der Waals surface area (Å²) in [6, 6.07) is -0.0931. The van der Waals surface area contributed by atoms with Crippen molar-refractivity contribution in [3.8, 4) is 0 Å². The van der Waals surface area contributed by atoms with Crippen LogP contribution in [0.4, 0.5) is 0 Å². The minimum atomic E-state index is -3.57. The molecule has 0 radical (unpaired) electrons. The first kappa shape index (κ1) is 12.7. The van der Waals surface area contributed by atoms with E-state index in [-0.39, 0.29) is 16.2 Å². The summed E-state index contributed by atoms with van der Waals surface area (Å²) in [5, 5.41) is 0.0232. The van der Waals surface area contributed by atoms with E-state index in [1.807, 2.05) is 0 Å². The van der Waals surface area contributed by atoms with Crippen molar-refractivity contribution in [2.45, 2.75) is 23.8 Å². The van der Waals surface area contributed by atoms with Crippen LogP contribution < -0.4 is 4.72 Å². The highest BCUT2D eigenvalue weighted by Crippen LogP contribution is 2.12. The largest absolute Gasteiger partial charge is 0.381 e. The van der Waals surface area contributed by atoms with Crippen LogP contribution in [0.3, 0.4) is 0 Å². The quantitative estimate of drug-likeness (QED) is 0.818. The smallest absolute Gasteiger partial charge is 0.243 e. The van der Waals surface area contributed by atoms with E-state index in [4.69, 9.17) is 16.3 Å². The van der Waals surface area contributed by atoms with Crippen LogP contribution in [0, 0.1) is 0 Å². The van der Waals surface area contributed by atoms with Gasteiger partial charge in [-0.2, -0.15) is 0 Å². The normalized spacial score (nSPS) is 18.2. The molecule has 0 aliphatic carbocycles. The molecule has 1 saturated heterocycles. The van der Waals surface area contributed by atoms with Gasteiger partial charge in [0.1, 0.15) is 4.90 Å². The molecule has 8 heteroatoms. The Morgan fingerprint density at radius 2 is 1.88 bits per heavy atom. The molecule has 2 heterocycles. The molecule has 1 aliphatic heterocycles. The van der Waals surface area contributed by atoms with Crippen LogP contribution in [-0.4, -0.2) is 37.6 Å². The van der Waals surface area contributed by atoms with Gasteiger partial charge in [0.05, 0.1) is 12.4 Å². The lowest BCUT2D eigenvalue weighted by Gasteiger charge is -2.22. The molecule has 0 spiro atoms. The second-order valence-electron chi connectivity index (χ2n) is 3.70. The van der Waals surface area contributed by atoms with E-state index >= 15 is 0 Å².